The van der Waals surface area contributed by atoms with Gasteiger partial charge >= 0.3 is 0 Å². The van der Waals surface area contributed by atoms with Crippen molar-refractivity contribution >= 4 is 0 Å². The highest BCUT2D eigenvalue weighted by atomic mass is 15.3. The Morgan fingerprint density at radius 3 is 2.62 bits per heavy atom. The van der Waals surface area contributed by atoms with E-state index in [4.69, 9.17) is 0 Å². The van der Waals surface area contributed by atoms with Crippen LogP contribution in [0.2, 0.25) is 0 Å². The second-order valence-corrected chi connectivity index (χ2v) is 2.92. The van der Waals surface area contributed by atoms with E-state index in [1.54, 1.807) is 11.0 Å². The second-order valence-electron chi connectivity index (χ2n) is 2.92. The molecule has 2 aromatic rings. The third-order valence-corrected chi connectivity index (χ3v) is 1.75. The highest BCUT2D eigenvalue weighted by Crippen LogP contribution is 2.03. The van der Waals surface area contributed by atoms with Crippen LogP contribution in [0.3, 0.4) is 0 Å². The number of aryl methyl sites for hydroxylation is 2. The summed E-state index contributed by atoms with van der Waals surface area (Å²) in [5, 5.41) is 4.25. The lowest BCUT2D eigenvalue weighted by molar-refractivity contribution is 0.822. The van der Waals surface area contributed by atoms with Gasteiger partial charge in [-0.25, -0.2) is 14.6 Å². The Morgan fingerprint density at radius 2 is 2.00 bits per heavy atom. The van der Waals surface area contributed by atoms with Gasteiger partial charge in [-0.3, -0.25) is 0 Å². The van der Waals surface area contributed by atoms with Crippen molar-refractivity contribution < 1.29 is 0 Å². The summed E-state index contributed by atoms with van der Waals surface area (Å²) < 4.78 is 1.74. The molecule has 0 unspecified atom stereocenters. The summed E-state index contributed by atoms with van der Waals surface area (Å²) in [5.41, 5.74) is 1.93. The molecule has 0 bridgehead atoms. The molecule has 0 aliphatic carbocycles. The zero-order chi connectivity index (χ0) is 9.26. The third kappa shape index (κ3) is 1.56. The van der Waals surface area contributed by atoms with Crippen LogP contribution in [0.15, 0.2) is 24.7 Å². The van der Waals surface area contributed by atoms with Crippen LogP contribution < -0.4 is 0 Å². The van der Waals surface area contributed by atoms with Crippen LogP contribution in [0, 0.1) is 13.8 Å². The number of aromatic nitrogens is 4. The van der Waals surface area contributed by atoms with Gasteiger partial charge in [0.1, 0.15) is 6.33 Å². The molecule has 66 valence electrons. The smallest absolute Gasteiger partial charge is 0.156 e. The van der Waals surface area contributed by atoms with Crippen LogP contribution in [-0.4, -0.2) is 19.7 Å². The van der Waals surface area contributed by atoms with Gasteiger partial charge in [-0.15, -0.1) is 0 Å². The van der Waals surface area contributed by atoms with E-state index in [0.717, 1.165) is 17.2 Å². The predicted octanol–water partition coefficient (Wildman–Crippen LogP) is 1.28. The van der Waals surface area contributed by atoms with E-state index < -0.39 is 0 Å². The molecule has 0 radical (unpaired) electrons. The molecule has 2 aromatic heterocycles. The van der Waals surface area contributed by atoms with Crippen molar-refractivity contribution in [3.63, 3.8) is 0 Å². The molecule has 2 heterocycles. The van der Waals surface area contributed by atoms with Gasteiger partial charge in [-0.05, 0) is 19.9 Å². The van der Waals surface area contributed by atoms with Gasteiger partial charge < -0.3 is 0 Å². The number of nitrogens with zero attached hydrogens (tertiary/aromatic N) is 4. The standard InChI is InChI=1S/C9H10N4/c1-7-3-4-13(12-7)9-5-8(2)10-6-11-9/h3-6H,1-2H3. The number of hydrogen-bond donors (Lipinski definition) is 0. The molecular weight excluding hydrogens is 164 g/mol. The molecule has 0 spiro atoms. The molecule has 0 N–H and O–H groups in total. The Kier molecular flexibility index (Phi) is 1.81. The first-order valence-electron chi connectivity index (χ1n) is 4.07. The fraction of sp³-hybridized carbons (Fsp3) is 0.222. The lowest BCUT2D eigenvalue weighted by Gasteiger charge is -1.99. The maximum absolute atomic E-state index is 4.25. The molecule has 0 aromatic carbocycles. The summed E-state index contributed by atoms with van der Waals surface area (Å²) >= 11 is 0. The molecule has 0 saturated heterocycles. The maximum atomic E-state index is 4.25. The van der Waals surface area contributed by atoms with E-state index in [9.17, 15) is 0 Å². The minimum Gasteiger partial charge on any atom is -0.242 e. The highest BCUT2D eigenvalue weighted by molar-refractivity contribution is 5.22. The van der Waals surface area contributed by atoms with Crippen molar-refractivity contribution in [2.75, 3.05) is 0 Å². The highest BCUT2D eigenvalue weighted by Gasteiger charge is 1.98. The molecule has 0 amide bonds. The second kappa shape index (κ2) is 2.97. The van der Waals surface area contributed by atoms with E-state index in [1.807, 2.05) is 32.2 Å². The van der Waals surface area contributed by atoms with Gasteiger partial charge in [-0.2, -0.15) is 5.10 Å². The quantitative estimate of drug-likeness (QED) is 0.654. The lowest BCUT2D eigenvalue weighted by Crippen LogP contribution is -1.99. The van der Waals surface area contributed by atoms with Crippen molar-refractivity contribution in [1.82, 2.24) is 19.7 Å². The van der Waals surface area contributed by atoms with Crippen LogP contribution in [0.1, 0.15) is 11.4 Å². The van der Waals surface area contributed by atoms with E-state index in [2.05, 4.69) is 15.1 Å². The Bertz CT molecular complexity index is 419. The summed E-state index contributed by atoms with van der Waals surface area (Å²) in [6, 6.07) is 3.84. The van der Waals surface area contributed by atoms with Crippen molar-refractivity contribution in [2.24, 2.45) is 0 Å². The molecular formula is C9H10N4. The van der Waals surface area contributed by atoms with Crippen LogP contribution in [0.25, 0.3) is 5.82 Å². The van der Waals surface area contributed by atoms with E-state index in [-0.39, 0.29) is 0 Å². The first-order valence-corrected chi connectivity index (χ1v) is 4.07. The van der Waals surface area contributed by atoms with Crippen molar-refractivity contribution in [2.45, 2.75) is 13.8 Å². The molecule has 0 saturated carbocycles. The molecule has 4 heteroatoms. The third-order valence-electron chi connectivity index (χ3n) is 1.75. The SMILES string of the molecule is Cc1cc(-n2ccc(C)n2)ncn1. The minimum atomic E-state index is 0.806. The largest absolute Gasteiger partial charge is 0.242 e. The first-order chi connectivity index (χ1) is 6.25. The first kappa shape index (κ1) is 7.91. The average Bonchev–Trinajstić information content (AvgIpc) is 2.52. The number of hydrogen-bond acceptors (Lipinski definition) is 3. The Morgan fingerprint density at radius 1 is 1.15 bits per heavy atom. The van der Waals surface area contributed by atoms with Crippen LogP contribution in [-0.2, 0) is 0 Å². The minimum absolute atomic E-state index is 0.806. The van der Waals surface area contributed by atoms with Gasteiger partial charge in [0.2, 0.25) is 0 Å². The van der Waals surface area contributed by atoms with E-state index in [1.165, 1.54) is 0 Å². The van der Waals surface area contributed by atoms with Gasteiger partial charge in [0, 0.05) is 18.0 Å². The molecule has 0 aliphatic rings. The maximum Gasteiger partial charge on any atom is 0.156 e. The zero-order valence-electron chi connectivity index (χ0n) is 7.60. The summed E-state index contributed by atoms with van der Waals surface area (Å²) in [5.74, 6) is 0.806. The van der Waals surface area contributed by atoms with Crippen molar-refractivity contribution in [3.05, 3.63) is 36.0 Å². The molecule has 4 nitrogen and oxygen atoms in total. The zero-order valence-corrected chi connectivity index (χ0v) is 7.60. The summed E-state index contributed by atoms with van der Waals surface area (Å²) in [6.07, 6.45) is 3.43. The summed E-state index contributed by atoms with van der Waals surface area (Å²) in [6.45, 7) is 3.88. The molecule has 0 aliphatic heterocycles. The van der Waals surface area contributed by atoms with E-state index >= 15 is 0 Å². The lowest BCUT2D eigenvalue weighted by atomic mass is 10.4. The molecule has 0 atom stereocenters. The van der Waals surface area contributed by atoms with Crippen molar-refractivity contribution in [1.29, 1.82) is 0 Å². The van der Waals surface area contributed by atoms with Gasteiger partial charge in [0.05, 0.1) is 5.69 Å². The van der Waals surface area contributed by atoms with Crippen molar-refractivity contribution in [3.8, 4) is 5.82 Å². The normalized spacial score (nSPS) is 10.3. The van der Waals surface area contributed by atoms with Crippen LogP contribution in [0.4, 0.5) is 0 Å². The monoisotopic (exact) mass is 174 g/mol. The topological polar surface area (TPSA) is 43.6 Å². The Hall–Kier alpha value is -1.71. The molecule has 13 heavy (non-hydrogen) atoms. The molecule has 0 fully saturated rings. The average molecular weight is 174 g/mol. The van der Waals surface area contributed by atoms with Crippen LogP contribution >= 0.6 is 0 Å². The van der Waals surface area contributed by atoms with Gasteiger partial charge in [0.15, 0.2) is 5.82 Å². The van der Waals surface area contributed by atoms with Gasteiger partial charge in [-0.1, -0.05) is 0 Å². The summed E-state index contributed by atoms with van der Waals surface area (Å²) in [7, 11) is 0. The van der Waals surface area contributed by atoms with E-state index in [0.29, 0.717) is 0 Å². The fourth-order valence-electron chi connectivity index (χ4n) is 1.11. The Balaban J connectivity index is 2.46. The predicted molar refractivity (Wildman–Crippen MR) is 48.6 cm³/mol. The van der Waals surface area contributed by atoms with Gasteiger partial charge in [0.25, 0.3) is 0 Å². The Labute approximate surface area is 76.3 Å². The fourth-order valence-corrected chi connectivity index (χ4v) is 1.11. The number of rotatable bonds is 1. The summed E-state index contributed by atoms with van der Waals surface area (Å²) in [4.78, 5) is 8.13. The molecule has 2 rings (SSSR count). The van der Waals surface area contributed by atoms with Crippen LogP contribution in [0.5, 0.6) is 0 Å².